The Morgan fingerprint density at radius 2 is 1.84 bits per heavy atom. The first-order valence-electron chi connectivity index (χ1n) is 12.9. The Balaban J connectivity index is 1.64. The zero-order chi connectivity index (χ0) is 26.7. The number of hydrogen-bond acceptors (Lipinski definition) is 6. The van der Waals surface area contributed by atoms with E-state index in [1.165, 1.54) is 11.3 Å². The molecule has 1 unspecified atom stereocenters. The van der Waals surface area contributed by atoms with Crippen LogP contribution in [0.1, 0.15) is 56.0 Å². The Bertz CT molecular complexity index is 1350. The highest BCUT2D eigenvalue weighted by Gasteiger charge is 2.31. The van der Waals surface area contributed by atoms with Crippen molar-refractivity contribution < 1.29 is 13.2 Å². The van der Waals surface area contributed by atoms with Gasteiger partial charge in [-0.15, -0.1) is 0 Å². The highest BCUT2D eigenvalue weighted by atomic mass is 35.5. The lowest BCUT2D eigenvalue weighted by Gasteiger charge is -2.32. The number of anilines is 1. The molecule has 1 amide bonds. The van der Waals surface area contributed by atoms with E-state index in [2.05, 4.69) is 18.7 Å². The zero-order valence-corrected chi connectivity index (χ0v) is 24.3. The van der Waals surface area contributed by atoms with Crippen LogP contribution in [-0.2, 0) is 10.0 Å². The van der Waals surface area contributed by atoms with Crippen LogP contribution < -0.4 is 4.90 Å². The molecule has 0 radical (unpaired) electrons. The van der Waals surface area contributed by atoms with Crippen LogP contribution in [0.25, 0.3) is 10.2 Å². The number of benzene rings is 2. The molecule has 2 aromatic carbocycles. The molecule has 1 aliphatic heterocycles. The minimum Gasteiger partial charge on any atom is -0.302 e. The Labute approximate surface area is 229 Å². The van der Waals surface area contributed by atoms with Crippen molar-refractivity contribution in [2.24, 2.45) is 0 Å². The van der Waals surface area contributed by atoms with Crippen molar-refractivity contribution in [3.05, 3.63) is 52.5 Å². The molecule has 0 spiro atoms. The van der Waals surface area contributed by atoms with E-state index >= 15 is 0 Å². The molecule has 2 heterocycles. The molecule has 1 saturated heterocycles. The Hall–Kier alpha value is -2.04. The van der Waals surface area contributed by atoms with Crippen LogP contribution in [0.2, 0.25) is 5.02 Å². The van der Waals surface area contributed by atoms with E-state index in [0.29, 0.717) is 35.4 Å². The van der Waals surface area contributed by atoms with Crippen LogP contribution >= 0.6 is 22.9 Å². The number of halogens is 1. The minimum atomic E-state index is -3.60. The molecular weight excluding hydrogens is 528 g/mol. The number of piperidine rings is 1. The van der Waals surface area contributed by atoms with Gasteiger partial charge in [-0.05, 0) is 81.7 Å². The second-order valence-corrected chi connectivity index (χ2v) is 12.9. The molecule has 200 valence electrons. The van der Waals surface area contributed by atoms with Crippen LogP contribution in [0.5, 0.6) is 0 Å². The first kappa shape index (κ1) is 28.0. The molecule has 0 aliphatic carbocycles. The molecule has 1 aromatic heterocycles. The van der Waals surface area contributed by atoms with Gasteiger partial charge in [0.2, 0.25) is 10.0 Å². The number of rotatable bonds is 9. The van der Waals surface area contributed by atoms with Crippen molar-refractivity contribution in [3.8, 4) is 0 Å². The smallest absolute Gasteiger partial charge is 0.260 e. The number of aromatic nitrogens is 1. The molecule has 10 heteroatoms. The van der Waals surface area contributed by atoms with Crippen molar-refractivity contribution in [2.45, 2.75) is 57.9 Å². The summed E-state index contributed by atoms with van der Waals surface area (Å²) in [6.07, 6.45) is 2.78. The topological polar surface area (TPSA) is 73.8 Å². The standard InChI is InChI=1S/C27H35ClN4O3S2/c1-5-30(6-2)15-16-31(27-29-25-19(3)17-22(28)18-24(25)36-27)26(33)21-10-12-23(13-11-21)37(34,35)32-14-8-7-9-20(32)4/h10-13,17-18,20H,5-9,14-16H2,1-4H3. The van der Waals surface area contributed by atoms with Gasteiger partial charge in [0.05, 0.1) is 15.1 Å². The van der Waals surface area contributed by atoms with Gasteiger partial charge in [-0.1, -0.05) is 43.2 Å². The highest BCUT2D eigenvalue weighted by Crippen LogP contribution is 2.34. The minimum absolute atomic E-state index is 0.0216. The van der Waals surface area contributed by atoms with Crippen molar-refractivity contribution in [1.82, 2.24) is 14.2 Å². The number of fused-ring (bicyclic) bond motifs is 1. The largest absolute Gasteiger partial charge is 0.302 e. The van der Waals surface area contributed by atoms with E-state index in [1.807, 2.05) is 26.0 Å². The molecule has 3 aromatic rings. The second-order valence-electron chi connectivity index (χ2n) is 9.53. The van der Waals surface area contributed by atoms with Gasteiger partial charge in [-0.2, -0.15) is 4.31 Å². The Morgan fingerprint density at radius 1 is 1.14 bits per heavy atom. The summed E-state index contributed by atoms with van der Waals surface area (Å²) in [7, 11) is -3.60. The molecule has 4 rings (SSSR count). The van der Waals surface area contributed by atoms with Gasteiger partial charge in [0.25, 0.3) is 5.91 Å². The van der Waals surface area contributed by atoms with Crippen molar-refractivity contribution in [2.75, 3.05) is 37.6 Å². The van der Waals surface area contributed by atoms with Crippen LogP contribution in [0.4, 0.5) is 5.13 Å². The average molecular weight is 563 g/mol. The van der Waals surface area contributed by atoms with E-state index in [1.54, 1.807) is 33.5 Å². The van der Waals surface area contributed by atoms with Gasteiger partial charge in [-0.3, -0.25) is 9.69 Å². The second kappa shape index (κ2) is 11.8. The SMILES string of the molecule is CCN(CC)CCN(C(=O)c1ccc(S(=O)(=O)N2CCCCC2C)cc1)c1nc2c(C)cc(Cl)cc2s1. The third-order valence-electron chi connectivity index (χ3n) is 7.10. The van der Waals surface area contributed by atoms with Gasteiger partial charge < -0.3 is 4.90 Å². The number of nitrogens with zero attached hydrogens (tertiary/aromatic N) is 4. The summed E-state index contributed by atoms with van der Waals surface area (Å²) >= 11 is 7.71. The summed E-state index contributed by atoms with van der Waals surface area (Å²) in [4.78, 5) is 22.7. The zero-order valence-electron chi connectivity index (χ0n) is 21.9. The molecule has 0 bridgehead atoms. The number of sulfonamides is 1. The van der Waals surface area contributed by atoms with E-state index < -0.39 is 10.0 Å². The maximum Gasteiger partial charge on any atom is 0.260 e. The maximum atomic E-state index is 13.8. The predicted octanol–water partition coefficient (Wildman–Crippen LogP) is 5.81. The van der Waals surface area contributed by atoms with E-state index in [-0.39, 0.29) is 16.8 Å². The molecule has 37 heavy (non-hydrogen) atoms. The molecule has 1 atom stereocenters. The first-order valence-corrected chi connectivity index (χ1v) is 15.5. The van der Waals surface area contributed by atoms with Gasteiger partial charge >= 0.3 is 0 Å². The Morgan fingerprint density at radius 3 is 2.49 bits per heavy atom. The normalized spacial score (nSPS) is 17.0. The van der Waals surface area contributed by atoms with Gasteiger partial charge in [0.1, 0.15) is 0 Å². The fraction of sp³-hybridized carbons (Fsp3) is 0.481. The number of amides is 1. The molecular formula is C27H35ClN4O3S2. The van der Waals surface area contributed by atoms with Gasteiger partial charge in [0.15, 0.2) is 5.13 Å². The molecule has 0 saturated carbocycles. The lowest BCUT2D eigenvalue weighted by atomic mass is 10.1. The van der Waals surface area contributed by atoms with Crippen LogP contribution in [0.3, 0.4) is 0 Å². The quantitative estimate of drug-likeness (QED) is 0.329. The molecule has 7 nitrogen and oxygen atoms in total. The lowest BCUT2D eigenvalue weighted by molar-refractivity contribution is 0.0983. The summed E-state index contributed by atoms with van der Waals surface area (Å²) in [5.74, 6) is -0.203. The Kier molecular flexibility index (Phi) is 8.91. The van der Waals surface area contributed by atoms with Crippen LogP contribution in [0, 0.1) is 6.92 Å². The molecule has 0 N–H and O–H groups in total. The number of likely N-dealkylation sites (N-methyl/N-ethyl adjacent to an activating group) is 1. The number of carbonyl (C=O) groups excluding carboxylic acids is 1. The van der Waals surface area contributed by atoms with Gasteiger partial charge in [-0.25, -0.2) is 13.4 Å². The average Bonchev–Trinajstić information content (AvgIpc) is 3.30. The number of carbonyl (C=O) groups is 1. The van der Waals surface area contributed by atoms with Gasteiger partial charge in [0, 0.05) is 36.3 Å². The van der Waals surface area contributed by atoms with E-state index in [0.717, 1.165) is 48.1 Å². The summed E-state index contributed by atoms with van der Waals surface area (Å²) in [6.45, 7) is 11.6. The highest BCUT2D eigenvalue weighted by molar-refractivity contribution is 7.89. The fourth-order valence-corrected chi connectivity index (χ4v) is 7.96. The van der Waals surface area contributed by atoms with Crippen molar-refractivity contribution in [1.29, 1.82) is 0 Å². The number of hydrogen-bond donors (Lipinski definition) is 0. The first-order chi connectivity index (χ1) is 17.6. The predicted molar refractivity (Wildman–Crippen MR) is 152 cm³/mol. The summed E-state index contributed by atoms with van der Waals surface area (Å²) < 4.78 is 29.0. The third kappa shape index (κ3) is 6.01. The number of aryl methyl sites for hydroxylation is 1. The van der Waals surface area contributed by atoms with Crippen molar-refractivity contribution >= 4 is 54.2 Å². The monoisotopic (exact) mass is 562 g/mol. The molecule has 1 fully saturated rings. The van der Waals surface area contributed by atoms with Crippen LogP contribution in [-0.4, -0.2) is 67.3 Å². The van der Waals surface area contributed by atoms with E-state index in [9.17, 15) is 13.2 Å². The summed E-state index contributed by atoms with van der Waals surface area (Å²) in [6, 6.07) is 10.1. The third-order valence-corrected chi connectivity index (χ3v) is 10.4. The maximum absolute atomic E-state index is 13.8. The van der Waals surface area contributed by atoms with E-state index in [4.69, 9.17) is 16.6 Å². The summed E-state index contributed by atoms with van der Waals surface area (Å²) in [5.41, 5.74) is 2.23. The number of thiazole rings is 1. The fourth-order valence-electron chi connectivity index (χ4n) is 4.81. The summed E-state index contributed by atoms with van der Waals surface area (Å²) in [5, 5.41) is 1.25. The lowest BCUT2D eigenvalue weighted by Crippen LogP contribution is -2.42. The molecule has 1 aliphatic rings. The van der Waals surface area contributed by atoms with Crippen molar-refractivity contribution in [3.63, 3.8) is 0 Å². The van der Waals surface area contributed by atoms with Crippen LogP contribution in [0.15, 0.2) is 41.3 Å².